The lowest BCUT2D eigenvalue weighted by molar-refractivity contribution is 0.102. The summed E-state index contributed by atoms with van der Waals surface area (Å²) in [6, 6.07) is 13.8. The van der Waals surface area contributed by atoms with Gasteiger partial charge in [0.05, 0.1) is 12.3 Å². The summed E-state index contributed by atoms with van der Waals surface area (Å²) in [5, 5.41) is 2.46. The molecule has 0 aliphatic heterocycles. The van der Waals surface area contributed by atoms with Crippen molar-refractivity contribution in [3.63, 3.8) is 0 Å². The van der Waals surface area contributed by atoms with Crippen LogP contribution in [0.25, 0.3) is 0 Å². The third-order valence-corrected chi connectivity index (χ3v) is 4.39. The van der Waals surface area contributed by atoms with E-state index in [2.05, 4.69) is 11.4 Å². The molecule has 0 saturated heterocycles. The van der Waals surface area contributed by atoms with Crippen LogP contribution in [0.1, 0.15) is 34.0 Å². The van der Waals surface area contributed by atoms with Crippen LogP contribution >= 0.6 is 0 Å². The molecule has 0 saturated carbocycles. The summed E-state index contributed by atoms with van der Waals surface area (Å²) in [4.78, 5) is 12.6. The molecule has 3 rings (SSSR count). The van der Waals surface area contributed by atoms with Crippen LogP contribution in [0.5, 0.6) is 11.5 Å². The summed E-state index contributed by atoms with van der Waals surface area (Å²) in [5.41, 5.74) is 3.07. The van der Waals surface area contributed by atoms with Crippen molar-refractivity contribution in [3.8, 4) is 11.5 Å². The molecule has 1 amide bonds. The Morgan fingerprint density at radius 1 is 0.933 bits per heavy atom. The molecule has 156 valence electrons. The highest BCUT2D eigenvalue weighted by molar-refractivity contribution is 6.04. The standard InChI is InChI=1S/C24H23F2NO3/c1-4-29-23-8-5-17(24(28)27-22-7-6-19(25)13-21(22)26)12-18(23)14-30-20-10-15(2)9-16(3)11-20/h5-13H,4,14H2,1-3H3,(H,27,28). The van der Waals surface area contributed by atoms with E-state index in [1.165, 1.54) is 6.07 Å². The number of ether oxygens (including phenoxy) is 2. The van der Waals surface area contributed by atoms with E-state index in [1.807, 2.05) is 32.9 Å². The first kappa shape index (κ1) is 21.3. The molecule has 30 heavy (non-hydrogen) atoms. The van der Waals surface area contributed by atoms with Gasteiger partial charge in [0.15, 0.2) is 0 Å². The van der Waals surface area contributed by atoms with Crippen LogP contribution in [0, 0.1) is 25.5 Å². The Morgan fingerprint density at radius 2 is 1.67 bits per heavy atom. The van der Waals surface area contributed by atoms with Crippen molar-refractivity contribution >= 4 is 11.6 Å². The lowest BCUT2D eigenvalue weighted by atomic mass is 10.1. The van der Waals surface area contributed by atoms with Gasteiger partial charge in [0.2, 0.25) is 0 Å². The molecule has 6 heteroatoms. The minimum Gasteiger partial charge on any atom is -0.493 e. The molecule has 0 spiro atoms. The van der Waals surface area contributed by atoms with Crippen molar-refractivity contribution in [2.75, 3.05) is 11.9 Å². The number of anilines is 1. The fourth-order valence-electron chi connectivity index (χ4n) is 3.09. The second kappa shape index (κ2) is 9.39. The topological polar surface area (TPSA) is 47.6 Å². The smallest absolute Gasteiger partial charge is 0.255 e. The summed E-state index contributed by atoms with van der Waals surface area (Å²) in [7, 11) is 0. The number of hydrogen-bond acceptors (Lipinski definition) is 3. The number of nitrogens with one attached hydrogen (secondary N) is 1. The van der Waals surface area contributed by atoms with Gasteiger partial charge in [0.1, 0.15) is 29.7 Å². The molecule has 1 N–H and O–H groups in total. The normalized spacial score (nSPS) is 10.6. The van der Waals surface area contributed by atoms with E-state index in [0.717, 1.165) is 29.0 Å². The minimum absolute atomic E-state index is 0.0941. The maximum atomic E-state index is 13.8. The summed E-state index contributed by atoms with van der Waals surface area (Å²) in [6.45, 7) is 6.51. The average Bonchev–Trinajstić information content (AvgIpc) is 2.68. The Bertz CT molecular complexity index is 1050. The Balaban J connectivity index is 1.81. The Labute approximate surface area is 174 Å². The zero-order valence-corrected chi connectivity index (χ0v) is 17.1. The summed E-state index contributed by atoms with van der Waals surface area (Å²) < 4.78 is 38.5. The quantitative estimate of drug-likeness (QED) is 0.534. The Kier molecular flexibility index (Phi) is 6.67. The molecule has 3 aromatic carbocycles. The molecule has 0 aliphatic carbocycles. The maximum absolute atomic E-state index is 13.8. The molecule has 0 aliphatic rings. The first-order valence-corrected chi connectivity index (χ1v) is 9.59. The molecule has 0 atom stereocenters. The van der Waals surface area contributed by atoms with Gasteiger partial charge in [-0.3, -0.25) is 4.79 Å². The van der Waals surface area contributed by atoms with Crippen molar-refractivity contribution in [2.24, 2.45) is 0 Å². The van der Waals surface area contributed by atoms with Gasteiger partial charge in [-0.05, 0) is 74.4 Å². The number of amides is 1. The summed E-state index contributed by atoms with van der Waals surface area (Å²) >= 11 is 0. The molecule has 3 aromatic rings. The highest BCUT2D eigenvalue weighted by Crippen LogP contribution is 2.25. The zero-order chi connectivity index (χ0) is 21.7. The van der Waals surface area contributed by atoms with E-state index in [0.29, 0.717) is 23.5 Å². The average molecular weight is 411 g/mol. The molecular formula is C24H23F2NO3. The van der Waals surface area contributed by atoms with Crippen LogP contribution < -0.4 is 14.8 Å². The van der Waals surface area contributed by atoms with Crippen LogP contribution in [0.3, 0.4) is 0 Å². The number of carbonyl (C=O) groups is 1. The van der Waals surface area contributed by atoms with Crippen molar-refractivity contribution in [1.29, 1.82) is 0 Å². The van der Waals surface area contributed by atoms with Crippen LogP contribution in [0.2, 0.25) is 0 Å². The predicted molar refractivity (Wildman–Crippen MR) is 112 cm³/mol. The number of benzene rings is 3. The molecule has 4 nitrogen and oxygen atoms in total. The third kappa shape index (κ3) is 5.35. The Hall–Kier alpha value is -3.41. The van der Waals surface area contributed by atoms with Gasteiger partial charge in [-0.2, -0.15) is 0 Å². The van der Waals surface area contributed by atoms with Gasteiger partial charge in [0.25, 0.3) is 5.91 Å². The summed E-state index contributed by atoms with van der Waals surface area (Å²) in [5.74, 6) is -0.745. The van der Waals surface area contributed by atoms with E-state index in [1.54, 1.807) is 18.2 Å². The predicted octanol–water partition coefficient (Wildman–Crippen LogP) is 5.81. The number of halogens is 2. The van der Waals surface area contributed by atoms with Gasteiger partial charge in [-0.25, -0.2) is 8.78 Å². The number of rotatable bonds is 7. The second-order valence-corrected chi connectivity index (χ2v) is 6.95. The van der Waals surface area contributed by atoms with Gasteiger partial charge in [-0.1, -0.05) is 6.07 Å². The maximum Gasteiger partial charge on any atom is 0.255 e. The fourth-order valence-corrected chi connectivity index (χ4v) is 3.09. The minimum atomic E-state index is -0.840. The van der Waals surface area contributed by atoms with Crippen molar-refractivity contribution in [3.05, 3.63) is 88.5 Å². The molecule has 0 fully saturated rings. The second-order valence-electron chi connectivity index (χ2n) is 6.95. The van der Waals surface area contributed by atoms with E-state index in [-0.39, 0.29) is 12.3 Å². The first-order chi connectivity index (χ1) is 14.4. The Morgan fingerprint density at radius 3 is 2.33 bits per heavy atom. The van der Waals surface area contributed by atoms with Gasteiger partial charge in [-0.15, -0.1) is 0 Å². The molecule has 0 heterocycles. The fraction of sp³-hybridized carbons (Fsp3) is 0.208. The number of aryl methyl sites for hydroxylation is 2. The monoisotopic (exact) mass is 411 g/mol. The van der Waals surface area contributed by atoms with E-state index >= 15 is 0 Å². The summed E-state index contributed by atoms with van der Waals surface area (Å²) in [6.07, 6.45) is 0. The van der Waals surface area contributed by atoms with Crippen LogP contribution in [-0.4, -0.2) is 12.5 Å². The highest BCUT2D eigenvalue weighted by atomic mass is 19.1. The highest BCUT2D eigenvalue weighted by Gasteiger charge is 2.14. The van der Waals surface area contributed by atoms with E-state index in [4.69, 9.17) is 9.47 Å². The van der Waals surface area contributed by atoms with Gasteiger partial charge < -0.3 is 14.8 Å². The molecule has 0 radical (unpaired) electrons. The van der Waals surface area contributed by atoms with Crippen LogP contribution in [-0.2, 0) is 6.61 Å². The molecule has 0 unspecified atom stereocenters. The van der Waals surface area contributed by atoms with Gasteiger partial charge in [0, 0.05) is 17.2 Å². The lowest BCUT2D eigenvalue weighted by Crippen LogP contribution is -2.14. The van der Waals surface area contributed by atoms with Crippen LogP contribution in [0.15, 0.2) is 54.6 Å². The molecule has 0 aromatic heterocycles. The van der Waals surface area contributed by atoms with E-state index in [9.17, 15) is 13.6 Å². The largest absolute Gasteiger partial charge is 0.493 e. The molecular weight excluding hydrogens is 388 g/mol. The first-order valence-electron chi connectivity index (χ1n) is 9.59. The van der Waals surface area contributed by atoms with Crippen LogP contribution in [0.4, 0.5) is 14.5 Å². The third-order valence-electron chi connectivity index (χ3n) is 4.39. The van der Waals surface area contributed by atoms with Gasteiger partial charge >= 0.3 is 0 Å². The van der Waals surface area contributed by atoms with E-state index < -0.39 is 17.5 Å². The molecule has 0 bridgehead atoms. The van der Waals surface area contributed by atoms with Crippen molar-refractivity contribution in [2.45, 2.75) is 27.4 Å². The number of carbonyl (C=O) groups excluding carboxylic acids is 1. The SMILES string of the molecule is CCOc1ccc(C(=O)Nc2ccc(F)cc2F)cc1COc1cc(C)cc(C)c1. The lowest BCUT2D eigenvalue weighted by Gasteiger charge is -2.14. The number of hydrogen-bond donors (Lipinski definition) is 1. The van der Waals surface area contributed by atoms with Crippen molar-refractivity contribution in [1.82, 2.24) is 0 Å². The van der Waals surface area contributed by atoms with Crippen molar-refractivity contribution < 1.29 is 23.0 Å². The zero-order valence-electron chi connectivity index (χ0n) is 17.1.